The highest BCUT2D eigenvalue weighted by Crippen LogP contribution is 2.45. The van der Waals surface area contributed by atoms with E-state index in [2.05, 4.69) is 304 Å². The number of allylic oxidation sites excluding steroid dienone is 1. The van der Waals surface area contributed by atoms with Gasteiger partial charge in [-0.25, -0.2) is 0 Å². The third-order valence-corrected chi connectivity index (χ3v) is 22.7. The molecule has 0 fully saturated rings. The van der Waals surface area contributed by atoms with E-state index in [1.165, 1.54) is 117 Å². The number of aryl methyl sites for hydroxylation is 2. The lowest BCUT2D eigenvalue weighted by Crippen LogP contribution is -2.32. The van der Waals surface area contributed by atoms with Crippen LogP contribution in [0.2, 0.25) is 50.4 Å². The maximum absolute atomic E-state index is 11.0. The molecule has 14 heteroatoms. The van der Waals surface area contributed by atoms with Crippen LogP contribution in [0, 0.1) is 11.3 Å². The van der Waals surface area contributed by atoms with E-state index in [0.717, 1.165) is 36.6 Å². The summed E-state index contributed by atoms with van der Waals surface area (Å²) in [5.74, 6) is 0.611. The van der Waals surface area contributed by atoms with Crippen LogP contribution < -0.4 is 4.74 Å². The Labute approximate surface area is 727 Å². The van der Waals surface area contributed by atoms with Crippen LogP contribution in [0.1, 0.15) is 236 Å². The Morgan fingerprint density at radius 2 is 0.739 bits per heavy atom. The van der Waals surface area contributed by atoms with Gasteiger partial charge in [0.05, 0.1) is 20.3 Å². The van der Waals surface area contributed by atoms with Crippen LogP contribution in [-0.4, -0.2) is 85.3 Å². The predicted octanol–water partition coefficient (Wildman–Crippen LogP) is 28.7. The van der Waals surface area contributed by atoms with Gasteiger partial charge in [-0.05, 0) is 130 Å². The number of ketones is 1. The summed E-state index contributed by atoms with van der Waals surface area (Å²) in [6.45, 7) is 70.1. The second-order valence-electron chi connectivity index (χ2n) is 33.2. The normalized spacial score (nSPS) is 10.3. The van der Waals surface area contributed by atoms with Gasteiger partial charge in [-0.2, -0.15) is 0 Å². The summed E-state index contributed by atoms with van der Waals surface area (Å²) < 4.78 is 28.9. The second-order valence-corrected chi connectivity index (χ2v) is 44.8. The molecule has 0 N–H and O–H groups in total. The number of rotatable bonds is 19. The zero-order valence-corrected chi connectivity index (χ0v) is 81.8. The van der Waals surface area contributed by atoms with Crippen molar-refractivity contribution in [3.63, 3.8) is 0 Å². The van der Waals surface area contributed by atoms with Crippen LogP contribution in [-0.2, 0) is 77.3 Å². The van der Waals surface area contributed by atoms with Crippen LogP contribution in [0.5, 0.6) is 5.75 Å². The van der Waals surface area contributed by atoms with Gasteiger partial charge < -0.3 is 33.2 Å². The Morgan fingerprint density at radius 3 is 0.983 bits per heavy atom. The summed E-state index contributed by atoms with van der Waals surface area (Å²) in [5.41, 5.74) is 13.1. The standard InChI is InChI=1S/C20H18.C16H14O2.C9H10O2.C9H12O.C8H10.C7H16O2Si.C7H18Si.C6H12O2.C5H8O2.C5H12.C5H10.C3H6O.C3H8.C2H6/c1-20(17-11-5-2-6-12-17,18-13-7-3-8-14-18)19-15-9-4-10-16-19;1-11(17)18-10-16-14-8-4-2-6-12(14)13-7-3-5-9-15(13)16;1-8(10)11-7-9-5-3-2-4-6-9;1-3-8-4-6-9(10-2)7-5-8;1-2-8-6-4-3-5-7-8;1-7(8)9-5-6-10(2,3)4;1-7(2,3)8(4,5)6;1-5(2)4-8-6(3)7;1-3-4-7-5(2)6;1-5(2,3)4;1-3-5-4-2;1-3(2)4;1-3-2;1-2/h2-16H,1H3;2-9,16H,10H2,1H3;2-6H,7H2,1H3;4-7H,3H2,1-2H3;3-7H,2H2,1H3;5-6H2,1-4H3;1-6H3;5H,4H2,1-3H3;3H,1,4H2,2H3;1-4H3;3H,1,4-5H2,2H3;1-2H3;3H2,1-2H3;1-2H3. The molecule has 9 rings (SSSR count). The molecule has 660 valence electrons. The Balaban J connectivity index is -0.000000407. The highest BCUT2D eigenvalue weighted by molar-refractivity contribution is 6.78. The van der Waals surface area contributed by atoms with E-state index >= 15 is 0 Å². The molecule has 8 aromatic carbocycles. The fraction of sp³-hybridized carbons (Fsp3) is 0.448. The van der Waals surface area contributed by atoms with Gasteiger partial charge in [0.1, 0.15) is 31.4 Å². The molecule has 0 atom stereocenters. The smallest absolute Gasteiger partial charge is 0.302 e. The Morgan fingerprint density at radius 1 is 0.429 bits per heavy atom. The Hall–Kier alpha value is -9.51. The molecule has 1 aliphatic carbocycles. The molecule has 0 saturated heterocycles. The summed E-state index contributed by atoms with van der Waals surface area (Å²) in [5, 5.41) is 0.576. The molecule has 119 heavy (non-hydrogen) atoms. The van der Waals surface area contributed by atoms with Gasteiger partial charge in [0, 0.05) is 62.1 Å². The minimum absolute atomic E-state index is 0.121. The van der Waals surface area contributed by atoms with E-state index in [9.17, 15) is 28.8 Å². The lowest BCUT2D eigenvalue weighted by atomic mass is 9.71. The molecule has 8 aromatic rings. The molecular formula is C105H160O12Si2. The monoisotopic (exact) mass is 1670 g/mol. The summed E-state index contributed by atoms with van der Waals surface area (Å²) >= 11 is 0. The number of carbonyl (C=O) groups is 6. The summed E-state index contributed by atoms with van der Waals surface area (Å²) in [4.78, 5) is 61.2. The van der Waals surface area contributed by atoms with E-state index in [0.29, 0.717) is 49.4 Å². The Kier molecular flexibility index (Phi) is 69.8. The number of ether oxygens (including phenoxy) is 6. The van der Waals surface area contributed by atoms with Crippen molar-refractivity contribution in [1.82, 2.24) is 0 Å². The molecule has 0 aromatic heterocycles. The van der Waals surface area contributed by atoms with Crippen LogP contribution in [0.3, 0.4) is 0 Å². The first-order chi connectivity index (χ1) is 55.8. The molecule has 0 spiro atoms. The molecule has 0 saturated carbocycles. The van der Waals surface area contributed by atoms with Crippen molar-refractivity contribution in [3.05, 3.63) is 294 Å². The van der Waals surface area contributed by atoms with Crippen LogP contribution in [0.25, 0.3) is 11.1 Å². The minimum atomic E-state index is -1.00. The third kappa shape index (κ3) is 67.0. The predicted molar refractivity (Wildman–Crippen MR) is 515 cm³/mol. The molecule has 1 aliphatic rings. The van der Waals surface area contributed by atoms with Gasteiger partial charge in [-0.1, -0.05) is 394 Å². The second kappa shape index (κ2) is 70.3. The number of benzene rings is 8. The van der Waals surface area contributed by atoms with E-state index in [1.807, 2.05) is 107 Å². The van der Waals surface area contributed by atoms with Gasteiger partial charge in [-0.3, -0.25) is 24.0 Å². The van der Waals surface area contributed by atoms with E-state index < -0.39 is 16.1 Å². The molecule has 12 nitrogen and oxygen atoms in total. The van der Waals surface area contributed by atoms with Gasteiger partial charge in [-0.15, -0.1) is 6.58 Å². The maximum atomic E-state index is 11.0. The maximum Gasteiger partial charge on any atom is 0.302 e. The van der Waals surface area contributed by atoms with E-state index in [4.69, 9.17) is 18.9 Å². The van der Waals surface area contributed by atoms with Gasteiger partial charge >= 0.3 is 29.8 Å². The fourth-order valence-corrected chi connectivity index (χ4v) is 9.67. The van der Waals surface area contributed by atoms with Crippen molar-refractivity contribution in [2.45, 2.75) is 267 Å². The highest BCUT2D eigenvalue weighted by atomic mass is 28.3. The number of unbranched alkanes of at least 4 members (excludes halogenated alkanes) is 1. The number of Topliss-reactive ketones (excluding diaryl/α,β-unsaturated/α-hetero) is 1. The topological polar surface area (TPSA) is 158 Å². The minimum Gasteiger partial charge on any atom is -0.497 e. The number of methoxy groups -OCH3 is 1. The van der Waals surface area contributed by atoms with Gasteiger partial charge in [0.15, 0.2) is 0 Å². The van der Waals surface area contributed by atoms with Crippen molar-refractivity contribution < 1.29 is 57.2 Å². The van der Waals surface area contributed by atoms with Crippen LogP contribution in [0.15, 0.2) is 250 Å². The first-order valence-electron chi connectivity index (χ1n) is 42.2. The lowest BCUT2D eigenvalue weighted by Gasteiger charge is -2.32. The lowest BCUT2D eigenvalue weighted by molar-refractivity contribution is -0.143. The summed E-state index contributed by atoms with van der Waals surface area (Å²) in [7, 11) is -0.179. The first-order valence-corrected chi connectivity index (χ1v) is 49.4. The molecule has 0 aliphatic heterocycles. The van der Waals surface area contributed by atoms with E-state index in [1.54, 1.807) is 7.11 Å². The van der Waals surface area contributed by atoms with Crippen LogP contribution >= 0.6 is 0 Å². The summed E-state index contributed by atoms with van der Waals surface area (Å²) in [6.07, 6.45) is 9.32. The van der Waals surface area contributed by atoms with Crippen molar-refractivity contribution in [2.75, 3.05) is 33.5 Å². The number of fused-ring (bicyclic) bond motifs is 3. The fourth-order valence-electron chi connectivity index (χ4n) is 8.95. The molecule has 0 bridgehead atoms. The SMILES string of the molecule is C=CCCC.C=CCOC(C)=O.CC.CC(=O)OCC(C)C.CC(=O)OCC1c2ccccc2-c2ccccc21.CC(=O)OCC[Si](C)(C)C.CC(=O)OCc1ccccc1.CC(C)(C)C.CC(C)(C)[Si](C)(C)C.CC(C)=O.CC(c1ccccc1)(c1ccccc1)c1ccccc1.CCC.CCc1ccc(OC)cc1.CCc1ccccc1. The molecule has 0 unspecified atom stereocenters. The first kappa shape index (κ1) is 118. The van der Waals surface area contributed by atoms with Crippen molar-refractivity contribution in [3.8, 4) is 16.9 Å². The zero-order chi connectivity index (χ0) is 92.1. The van der Waals surface area contributed by atoms with Crippen molar-refractivity contribution in [1.29, 1.82) is 0 Å². The van der Waals surface area contributed by atoms with Crippen LogP contribution in [0.4, 0.5) is 0 Å². The average molecular weight is 1670 g/mol. The zero-order valence-electron chi connectivity index (χ0n) is 79.8. The number of carbonyl (C=O) groups excluding carboxylic acids is 6. The third-order valence-electron chi connectivity index (χ3n) is 16.5. The molecular weight excluding hydrogens is 1510 g/mol. The molecule has 0 heterocycles. The molecule has 0 amide bonds. The largest absolute Gasteiger partial charge is 0.497 e. The number of hydrogen-bond acceptors (Lipinski definition) is 12. The van der Waals surface area contributed by atoms with Gasteiger partial charge in [0.2, 0.25) is 0 Å². The number of hydrogen-bond donors (Lipinski definition) is 0. The molecule has 0 radical (unpaired) electrons. The highest BCUT2D eigenvalue weighted by Gasteiger charge is 2.32. The van der Waals surface area contributed by atoms with Crippen molar-refractivity contribution in [2.24, 2.45) is 11.3 Å². The Bertz CT molecular complexity index is 3660. The quantitative estimate of drug-likeness (QED) is 0.0248. The van der Waals surface area contributed by atoms with Gasteiger partial charge in [0.25, 0.3) is 0 Å². The summed E-state index contributed by atoms with van der Waals surface area (Å²) in [6, 6.07) is 78.0. The van der Waals surface area contributed by atoms with E-state index in [-0.39, 0.29) is 47.0 Å². The number of esters is 5. The average Bonchev–Trinajstić information content (AvgIpc) is 1.71. The van der Waals surface area contributed by atoms with Crippen molar-refractivity contribution >= 4 is 51.8 Å².